The average molecular weight is 515 g/mol. The van der Waals surface area contributed by atoms with Crippen molar-refractivity contribution in [2.24, 2.45) is 0 Å². The van der Waals surface area contributed by atoms with Crippen LogP contribution in [-0.2, 0) is 16.2 Å². The zero-order valence-electron chi connectivity index (χ0n) is 17.4. The van der Waals surface area contributed by atoms with Gasteiger partial charge < -0.3 is 14.6 Å². The van der Waals surface area contributed by atoms with Gasteiger partial charge in [0, 0.05) is 11.2 Å². The number of aliphatic hydroxyl groups excluding tert-OH is 1. The van der Waals surface area contributed by atoms with Gasteiger partial charge in [-0.2, -0.15) is 13.2 Å². The van der Waals surface area contributed by atoms with Crippen LogP contribution >= 0.6 is 11.6 Å². The lowest BCUT2D eigenvalue weighted by Gasteiger charge is -2.31. The van der Waals surface area contributed by atoms with Crippen molar-refractivity contribution in [1.82, 2.24) is 4.98 Å². The molecule has 0 bridgehead atoms. The van der Waals surface area contributed by atoms with Crippen molar-refractivity contribution in [3.63, 3.8) is 0 Å². The van der Waals surface area contributed by atoms with Gasteiger partial charge in [-0.1, -0.05) is 29.8 Å². The molecule has 0 spiro atoms. The van der Waals surface area contributed by atoms with E-state index in [9.17, 15) is 21.6 Å². The molecule has 1 N–H and O–H groups in total. The molecule has 0 fully saturated rings. The summed E-state index contributed by atoms with van der Waals surface area (Å²) in [6.45, 7) is -0.989. The van der Waals surface area contributed by atoms with Gasteiger partial charge in [-0.15, -0.1) is 0 Å². The minimum Gasteiger partial charge on any atom is -0.489 e. The lowest BCUT2D eigenvalue weighted by Crippen LogP contribution is -2.38. The molecule has 1 aromatic heterocycles. The van der Waals surface area contributed by atoms with Crippen molar-refractivity contribution >= 4 is 27.3 Å². The Bertz CT molecular complexity index is 1320. The Hall–Kier alpha value is -3.02. The third kappa shape index (κ3) is 4.77. The van der Waals surface area contributed by atoms with Crippen LogP contribution in [0.5, 0.6) is 11.6 Å². The number of halogens is 4. The van der Waals surface area contributed by atoms with Gasteiger partial charge in [-0.25, -0.2) is 13.4 Å². The molecule has 180 valence electrons. The van der Waals surface area contributed by atoms with Crippen LogP contribution in [0.1, 0.15) is 5.56 Å². The molecule has 34 heavy (non-hydrogen) atoms. The van der Waals surface area contributed by atoms with Crippen molar-refractivity contribution in [2.75, 3.05) is 30.7 Å². The first-order valence-electron chi connectivity index (χ1n) is 9.97. The molecule has 0 amide bonds. The van der Waals surface area contributed by atoms with Gasteiger partial charge in [0.05, 0.1) is 24.4 Å². The summed E-state index contributed by atoms with van der Waals surface area (Å²) in [5, 5.41) is 9.51. The number of aliphatic hydroxyl groups is 1. The Labute approximate surface area is 198 Å². The Kier molecular flexibility index (Phi) is 6.61. The summed E-state index contributed by atoms with van der Waals surface area (Å²) >= 11 is 6.07. The highest BCUT2D eigenvalue weighted by Gasteiger charge is 2.38. The molecule has 0 atom stereocenters. The molecule has 2 heterocycles. The lowest BCUT2D eigenvalue weighted by atomic mass is 10.0. The van der Waals surface area contributed by atoms with Gasteiger partial charge in [0.25, 0.3) is 10.0 Å². The second-order valence-corrected chi connectivity index (χ2v) is 9.48. The Morgan fingerprint density at radius 1 is 1.15 bits per heavy atom. The minimum absolute atomic E-state index is 0.0119. The predicted octanol–water partition coefficient (Wildman–Crippen LogP) is 4.38. The second-order valence-electron chi connectivity index (χ2n) is 7.22. The number of rotatable bonds is 6. The van der Waals surface area contributed by atoms with E-state index in [1.807, 2.05) is 0 Å². The van der Waals surface area contributed by atoms with Crippen LogP contribution in [0, 0.1) is 0 Å². The van der Waals surface area contributed by atoms with Crippen LogP contribution in [-0.4, -0.2) is 44.9 Å². The number of nitrogens with zero attached hydrogens (tertiary/aromatic N) is 2. The van der Waals surface area contributed by atoms with E-state index >= 15 is 0 Å². The second kappa shape index (κ2) is 9.32. The fourth-order valence-corrected chi connectivity index (χ4v) is 5.18. The number of aromatic nitrogens is 1. The molecular formula is C22H18ClF3N2O5S. The molecule has 0 radical (unpaired) electrons. The molecule has 0 saturated carbocycles. The van der Waals surface area contributed by atoms with E-state index in [1.165, 1.54) is 0 Å². The van der Waals surface area contributed by atoms with Crippen molar-refractivity contribution in [3.8, 4) is 22.8 Å². The van der Waals surface area contributed by atoms with Gasteiger partial charge >= 0.3 is 6.18 Å². The number of ether oxygens (including phenoxy) is 2. The third-order valence-corrected chi connectivity index (χ3v) is 7.02. The maximum atomic E-state index is 13.6. The largest absolute Gasteiger partial charge is 0.489 e. The fraction of sp³-hybridized carbons (Fsp3) is 0.227. The Morgan fingerprint density at radius 2 is 1.91 bits per heavy atom. The van der Waals surface area contributed by atoms with Crippen LogP contribution in [0.3, 0.4) is 0 Å². The average Bonchev–Trinajstić information content (AvgIpc) is 2.81. The van der Waals surface area contributed by atoms with Crippen LogP contribution in [0.4, 0.5) is 18.9 Å². The monoisotopic (exact) mass is 514 g/mol. The van der Waals surface area contributed by atoms with Crippen LogP contribution < -0.4 is 13.8 Å². The number of anilines is 1. The number of hydrogen-bond donors (Lipinski definition) is 1. The van der Waals surface area contributed by atoms with Gasteiger partial charge in [-0.05, 0) is 41.5 Å². The number of hydrogen-bond acceptors (Lipinski definition) is 6. The van der Waals surface area contributed by atoms with Crippen molar-refractivity contribution in [3.05, 3.63) is 65.3 Å². The molecule has 3 aromatic rings. The fourth-order valence-electron chi connectivity index (χ4n) is 3.43. The number of alkyl halides is 3. The van der Waals surface area contributed by atoms with Crippen LogP contribution in [0.25, 0.3) is 11.1 Å². The maximum absolute atomic E-state index is 13.6. The first-order chi connectivity index (χ1) is 16.1. The molecule has 4 rings (SSSR count). The molecule has 0 unspecified atom stereocenters. The summed E-state index contributed by atoms with van der Waals surface area (Å²) in [7, 11) is -4.57. The molecule has 7 nitrogen and oxygen atoms in total. The van der Waals surface area contributed by atoms with Crippen molar-refractivity contribution in [1.29, 1.82) is 0 Å². The molecule has 2 aromatic carbocycles. The topological polar surface area (TPSA) is 89.0 Å². The summed E-state index contributed by atoms with van der Waals surface area (Å²) in [4.78, 5) is 2.80. The van der Waals surface area contributed by atoms with E-state index in [1.54, 1.807) is 42.5 Å². The first-order valence-corrected chi connectivity index (χ1v) is 11.8. The van der Waals surface area contributed by atoms with Crippen LogP contribution in [0.2, 0.25) is 5.02 Å². The first kappa shape index (κ1) is 24.1. The summed E-state index contributed by atoms with van der Waals surface area (Å²) < 4.78 is 78.9. The van der Waals surface area contributed by atoms with E-state index in [2.05, 4.69) is 4.98 Å². The van der Waals surface area contributed by atoms with Crippen LogP contribution in [0.15, 0.2) is 59.6 Å². The maximum Gasteiger partial charge on any atom is 0.417 e. The van der Waals surface area contributed by atoms with Gasteiger partial charge in [0.1, 0.15) is 19.0 Å². The lowest BCUT2D eigenvalue weighted by molar-refractivity contribution is -0.138. The highest BCUT2D eigenvalue weighted by Crippen LogP contribution is 2.41. The Balaban J connectivity index is 1.83. The summed E-state index contributed by atoms with van der Waals surface area (Å²) in [6.07, 6.45) is -4.34. The predicted molar refractivity (Wildman–Crippen MR) is 119 cm³/mol. The SMILES string of the molecule is O=S(=O)(c1cc(C(F)(F)F)cnc1OCCO)N1CCOc2ccc(-c3cccc(Cl)c3)cc21. The quantitative estimate of drug-likeness (QED) is 0.525. The van der Waals surface area contributed by atoms with Crippen molar-refractivity contribution < 1.29 is 36.2 Å². The summed E-state index contributed by atoms with van der Waals surface area (Å²) in [5.74, 6) is -0.292. The molecular weight excluding hydrogens is 497 g/mol. The molecule has 1 aliphatic rings. The van der Waals surface area contributed by atoms with Gasteiger partial charge in [0.15, 0.2) is 4.90 Å². The number of sulfonamides is 1. The third-order valence-electron chi connectivity index (χ3n) is 4.98. The molecule has 12 heteroatoms. The highest BCUT2D eigenvalue weighted by atomic mass is 35.5. The zero-order chi connectivity index (χ0) is 24.5. The van der Waals surface area contributed by atoms with E-state index in [4.69, 9.17) is 26.2 Å². The molecule has 0 saturated heterocycles. The standard InChI is InChI=1S/C22H18ClF3N2O5S/c23-17-3-1-2-14(10-17)15-4-5-19-18(11-15)28(6-8-32-19)34(30,31)20-12-16(22(24,25)26)13-27-21(20)33-9-7-29/h1-5,10-13,29H,6-9H2. The normalized spacial score (nSPS) is 13.9. The summed E-state index contributed by atoms with van der Waals surface area (Å²) in [5.41, 5.74) is 0.245. The van der Waals surface area contributed by atoms with E-state index < -0.39 is 39.1 Å². The minimum atomic E-state index is -4.82. The number of pyridine rings is 1. The van der Waals surface area contributed by atoms with E-state index in [0.717, 1.165) is 4.31 Å². The number of benzene rings is 2. The molecule has 0 aliphatic carbocycles. The van der Waals surface area contributed by atoms with E-state index in [0.29, 0.717) is 28.4 Å². The van der Waals surface area contributed by atoms with Gasteiger partial charge in [0.2, 0.25) is 5.88 Å². The summed E-state index contributed by atoms with van der Waals surface area (Å²) in [6, 6.07) is 12.3. The van der Waals surface area contributed by atoms with E-state index in [-0.39, 0.29) is 31.2 Å². The molecule has 1 aliphatic heterocycles. The zero-order valence-corrected chi connectivity index (χ0v) is 19.0. The Morgan fingerprint density at radius 3 is 2.62 bits per heavy atom. The smallest absolute Gasteiger partial charge is 0.417 e. The van der Waals surface area contributed by atoms with Gasteiger partial charge in [-0.3, -0.25) is 4.31 Å². The van der Waals surface area contributed by atoms with Crippen molar-refractivity contribution in [2.45, 2.75) is 11.1 Å². The highest BCUT2D eigenvalue weighted by molar-refractivity contribution is 7.93. The number of fused-ring (bicyclic) bond motifs is 1.